The highest BCUT2D eigenvalue weighted by Gasteiger charge is 2.33. The number of aliphatic hydroxyl groups excluding tert-OH is 1. The van der Waals surface area contributed by atoms with E-state index >= 15 is 0 Å². The molecule has 0 radical (unpaired) electrons. The van der Waals surface area contributed by atoms with E-state index in [-0.39, 0.29) is 29.3 Å². The molecule has 2 aliphatic heterocycles. The number of nitrogens with zero attached hydrogens (tertiary/aromatic N) is 13. The fourth-order valence-electron chi connectivity index (χ4n) is 11.5. The Morgan fingerprint density at radius 3 is 1.53 bits per heavy atom. The van der Waals surface area contributed by atoms with Crippen LogP contribution >= 0.6 is 58.0 Å². The summed E-state index contributed by atoms with van der Waals surface area (Å²) in [7, 11) is 0. The number of aliphatic imine (C=N–C) groups is 2. The van der Waals surface area contributed by atoms with Crippen molar-refractivity contribution in [3.05, 3.63) is 315 Å². The molecular formula is C76H60Cl5N15O. The summed E-state index contributed by atoms with van der Waals surface area (Å²) in [5.41, 5.74) is 19.9. The number of anilines is 2. The Hall–Kier alpha value is -10.4. The molecule has 0 bridgehead atoms. The van der Waals surface area contributed by atoms with Crippen LogP contribution in [0.25, 0.3) is 54.9 Å². The Morgan fingerprint density at radius 1 is 0.464 bits per heavy atom. The van der Waals surface area contributed by atoms with Crippen LogP contribution in [0.5, 0.6) is 0 Å². The van der Waals surface area contributed by atoms with Gasteiger partial charge in [0.05, 0.1) is 57.8 Å². The predicted octanol–water partition coefficient (Wildman–Crippen LogP) is 17.0. The number of aromatic nitrogens is 10. The van der Waals surface area contributed by atoms with E-state index in [1.165, 1.54) is 16.7 Å². The van der Waals surface area contributed by atoms with Gasteiger partial charge in [0, 0.05) is 58.9 Å². The maximum absolute atomic E-state index is 9.65. The Labute approximate surface area is 583 Å². The van der Waals surface area contributed by atoms with Gasteiger partial charge in [0.2, 0.25) is 27.1 Å². The fourth-order valence-corrected chi connectivity index (χ4v) is 12.6. The third-order valence-corrected chi connectivity index (χ3v) is 17.2. The van der Waals surface area contributed by atoms with Gasteiger partial charge in [-0.3, -0.25) is 18.7 Å². The van der Waals surface area contributed by atoms with E-state index in [9.17, 15) is 5.11 Å². The SMILES string of the molecule is ClC1=Nc2ccccc2C2=N[C@H](Cc3ccccc3)CN12.Clc1nc(Cl)c2ccccc2n1.Clc1nc2ccccc2c2nc(Cc3ccccc3)cn12.Nc1nc2ccccc2c2nc(Cc3ccccc3)cn12.OC[C@@H](Cc1ccccc1)Nc1nc(Cl)nc2ccccc12. The molecule has 9 aromatic carbocycles. The molecule has 17 rings (SSSR count). The first-order chi connectivity index (χ1) is 47.5. The quantitative estimate of drug-likeness (QED) is 0.0630. The molecule has 0 unspecified atom stereocenters. The standard InChI is InChI=1S/C17H16ClN3O.C17H14ClN3.C17H12ClN3.C17H14N4.C8H4Cl2N2/c18-17-20-15-9-5-4-8-14(15)16(21-17)19-13(11-22)10-12-6-2-1-3-7-12;3*18-17-20-15-9-5-4-8-14(15)16-19-13(11-21(16)17)10-12-6-2-1-3-7-12;9-7-5-3-1-2-4-6(5)11-8(10)12-7/h1-9,13,22H,10-11H2,(H,19,20,21);1-9,13H,10-11H2;1-9,11H,10H2;1-9,11H,10H2,(H2,18,20);1-4H/t2*13-;;;/m11.../s1. The minimum Gasteiger partial charge on any atom is -0.394 e. The van der Waals surface area contributed by atoms with Crippen molar-refractivity contribution in [2.24, 2.45) is 9.98 Å². The monoisotopic (exact) mass is 1370 g/mol. The summed E-state index contributed by atoms with van der Waals surface area (Å²) in [6.45, 7) is 0.797. The van der Waals surface area contributed by atoms with Crippen LogP contribution in [0.2, 0.25) is 21.0 Å². The summed E-state index contributed by atoms with van der Waals surface area (Å²) in [6.07, 6.45) is 7.13. The van der Waals surface area contributed by atoms with Gasteiger partial charge in [-0.2, -0.15) is 0 Å². The van der Waals surface area contributed by atoms with Crippen LogP contribution in [0.3, 0.4) is 0 Å². The largest absolute Gasteiger partial charge is 0.394 e. The summed E-state index contributed by atoms with van der Waals surface area (Å²) < 4.78 is 3.71. The predicted molar refractivity (Wildman–Crippen MR) is 394 cm³/mol. The molecule has 15 aromatic rings. The summed E-state index contributed by atoms with van der Waals surface area (Å²) in [6, 6.07) is 80.1. The number of nitrogens with one attached hydrogen (secondary N) is 1. The maximum atomic E-state index is 9.65. The lowest BCUT2D eigenvalue weighted by atomic mass is 10.1. The number of imidazole rings is 2. The first-order valence-corrected chi connectivity index (χ1v) is 33.0. The lowest BCUT2D eigenvalue weighted by molar-refractivity contribution is 0.273. The van der Waals surface area contributed by atoms with Crippen LogP contribution in [-0.2, 0) is 25.7 Å². The molecule has 2 aliphatic rings. The van der Waals surface area contributed by atoms with Crippen LogP contribution in [0.1, 0.15) is 39.2 Å². The van der Waals surface area contributed by atoms with Crippen molar-refractivity contribution in [2.75, 3.05) is 24.2 Å². The van der Waals surface area contributed by atoms with Crippen LogP contribution < -0.4 is 11.1 Å². The second-order valence-electron chi connectivity index (χ2n) is 22.7. The highest BCUT2D eigenvalue weighted by Crippen LogP contribution is 2.32. The minimum atomic E-state index is -0.142. The average Bonchev–Trinajstić information content (AvgIpc) is 1.67. The lowest BCUT2D eigenvalue weighted by Gasteiger charge is -2.23. The first kappa shape index (κ1) is 65.2. The topological polar surface area (TPSA) is 198 Å². The summed E-state index contributed by atoms with van der Waals surface area (Å²) in [5.74, 6) is 2.06. The number of nitrogens with two attached hydrogens (primary N) is 1. The van der Waals surface area contributed by atoms with E-state index in [4.69, 9.17) is 78.7 Å². The lowest BCUT2D eigenvalue weighted by Crippen LogP contribution is -2.35. The number of halogens is 5. The zero-order chi connectivity index (χ0) is 66.6. The highest BCUT2D eigenvalue weighted by atomic mass is 35.5. The van der Waals surface area contributed by atoms with Gasteiger partial charge in [-0.1, -0.05) is 194 Å². The van der Waals surface area contributed by atoms with E-state index < -0.39 is 0 Å². The Balaban J connectivity index is 0.000000111. The first-order valence-electron chi connectivity index (χ1n) is 31.1. The summed E-state index contributed by atoms with van der Waals surface area (Å²) >= 11 is 30.0. The second kappa shape index (κ2) is 30.5. The normalized spacial score (nSPS) is 13.2. The third-order valence-electron chi connectivity index (χ3n) is 16.0. The van der Waals surface area contributed by atoms with Crippen LogP contribution in [-0.4, -0.2) is 95.0 Å². The van der Waals surface area contributed by atoms with Crippen molar-refractivity contribution in [2.45, 2.75) is 37.8 Å². The van der Waals surface area contributed by atoms with Crippen LogP contribution in [0, 0.1) is 0 Å². The fraction of sp³-hybridized carbons (Fsp3) is 0.105. The van der Waals surface area contributed by atoms with Crippen LogP contribution in [0.4, 0.5) is 17.5 Å². The van der Waals surface area contributed by atoms with Crippen molar-refractivity contribution >= 4 is 141 Å². The Kier molecular flexibility index (Phi) is 20.5. The number of hydrogen-bond acceptors (Lipinski definition) is 14. The Bertz CT molecular complexity index is 5140. The smallest absolute Gasteiger partial charge is 0.224 e. The molecular weight excluding hydrogens is 1320 g/mol. The van der Waals surface area contributed by atoms with Gasteiger partial charge >= 0.3 is 0 Å². The molecule has 0 saturated heterocycles. The molecule has 480 valence electrons. The number of hydrogen-bond donors (Lipinski definition) is 3. The molecule has 8 heterocycles. The number of benzene rings is 9. The number of para-hydroxylation sites is 5. The molecule has 6 aromatic heterocycles. The molecule has 4 N–H and O–H groups in total. The summed E-state index contributed by atoms with van der Waals surface area (Å²) in [5, 5.41) is 18.4. The van der Waals surface area contributed by atoms with E-state index in [0.717, 1.165) is 115 Å². The molecule has 21 heteroatoms. The molecule has 2 atom stereocenters. The number of amidine groups is 2. The van der Waals surface area contributed by atoms with Gasteiger partial charge in [-0.25, -0.2) is 44.9 Å². The number of nitrogen functional groups attached to an aromatic ring is 1. The number of rotatable bonds is 11. The molecule has 0 amide bonds. The third kappa shape index (κ3) is 15.8. The highest BCUT2D eigenvalue weighted by molar-refractivity contribution is 6.66. The van der Waals surface area contributed by atoms with Gasteiger partial charge in [-0.05, 0) is 142 Å². The van der Waals surface area contributed by atoms with E-state index in [0.29, 0.717) is 33.9 Å². The average molecular weight is 1380 g/mol. The van der Waals surface area contributed by atoms with Crippen molar-refractivity contribution in [3.63, 3.8) is 0 Å². The number of fused-ring (bicyclic) bond motifs is 11. The molecule has 0 spiro atoms. The van der Waals surface area contributed by atoms with Crippen LogP contribution in [0.15, 0.2) is 265 Å². The maximum Gasteiger partial charge on any atom is 0.224 e. The zero-order valence-electron chi connectivity index (χ0n) is 51.9. The molecule has 0 saturated carbocycles. The van der Waals surface area contributed by atoms with E-state index in [2.05, 4.69) is 94.8 Å². The van der Waals surface area contributed by atoms with Crippen molar-refractivity contribution in [3.8, 4) is 0 Å². The zero-order valence-corrected chi connectivity index (χ0v) is 55.7. The molecule has 16 nitrogen and oxygen atoms in total. The molecule has 97 heavy (non-hydrogen) atoms. The van der Waals surface area contributed by atoms with E-state index in [1.807, 2.05) is 214 Å². The van der Waals surface area contributed by atoms with E-state index in [1.54, 1.807) is 0 Å². The summed E-state index contributed by atoms with van der Waals surface area (Å²) in [4.78, 5) is 46.0. The minimum absolute atomic E-state index is 0.00480. The Morgan fingerprint density at radius 2 is 0.928 bits per heavy atom. The molecule has 0 fully saturated rings. The van der Waals surface area contributed by atoms with Crippen molar-refractivity contribution in [1.82, 2.24) is 53.6 Å². The van der Waals surface area contributed by atoms with Gasteiger partial charge in [0.15, 0.2) is 0 Å². The van der Waals surface area contributed by atoms with Crippen molar-refractivity contribution in [1.29, 1.82) is 0 Å². The molecule has 0 aliphatic carbocycles. The van der Waals surface area contributed by atoms with Gasteiger partial charge < -0.3 is 16.2 Å². The van der Waals surface area contributed by atoms with Gasteiger partial charge in [0.25, 0.3) is 0 Å². The van der Waals surface area contributed by atoms with Gasteiger partial charge in [-0.15, -0.1) is 0 Å². The van der Waals surface area contributed by atoms with Gasteiger partial charge in [0.1, 0.15) is 28.1 Å². The number of aliphatic hydroxyl groups is 1. The van der Waals surface area contributed by atoms with Crippen molar-refractivity contribution < 1.29 is 5.11 Å². The second-order valence-corrected chi connectivity index (χ2v) is 24.4.